The average Bonchev–Trinajstić information content (AvgIpc) is 3.06. The van der Waals surface area contributed by atoms with E-state index in [1.807, 2.05) is 24.3 Å². The van der Waals surface area contributed by atoms with Crippen LogP contribution in [0.25, 0.3) is 10.9 Å². The monoisotopic (exact) mass is 352 g/mol. The van der Waals surface area contributed by atoms with Gasteiger partial charge in [0.2, 0.25) is 0 Å². The van der Waals surface area contributed by atoms with Crippen LogP contribution >= 0.6 is 0 Å². The second-order valence-electron chi connectivity index (χ2n) is 6.41. The van der Waals surface area contributed by atoms with Crippen LogP contribution in [-0.2, 0) is 6.42 Å². The van der Waals surface area contributed by atoms with Crippen LogP contribution in [0.15, 0.2) is 36.4 Å². The van der Waals surface area contributed by atoms with Gasteiger partial charge in [0.05, 0.1) is 14.2 Å². The molecule has 3 aromatic rings. The Bertz CT molecular complexity index is 944. The lowest BCUT2D eigenvalue weighted by molar-refractivity contribution is 0.0950. The molecule has 0 saturated carbocycles. The lowest BCUT2D eigenvalue weighted by Crippen LogP contribution is -2.26. The zero-order chi connectivity index (χ0) is 18.7. The number of hydrogen-bond acceptors (Lipinski definition) is 3. The largest absolute Gasteiger partial charge is 0.497 e. The van der Waals surface area contributed by atoms with Crippen LogP contribution in [0.5, 0.6) is 11.5 Å². The number of carbonyl (C=O) groups is 1. The molecule has 0 spiro atoms. The third-order valence-electron chi connectivity index (χ3n) is 4.51. The smallest absolute Gasteiger partial charge is 0.267 e. The molecule has 0 unspecified atom stereocenters. The summed E-state index contributed by atoms with van der Waals surface area (Å²) in [6.45, 7) is 4.63. The van der Waals surface area contributed by atoms with Crippen molar-refractivity contribution in [1.29, 1.82) is 0 Å². The Hall–Kier alpha value is -2.95. The number of carbonyl (C=O) groups excluding carboxylic acids is 1. The SMILES string of the molecule is COc1ccc(CCNC(=O)c2cc3c(C)cc(C)cc3[nH]2)c(OC)c1. The van der Waals surface area contributed by atoms with E-state index < -0.39 is 0 Å². The van der Waals surface area contributed by atoms with Gasteiger partial charge in [-0.1, -0.05) is 12.1 Å². The van der Waals surface area contributed by atoms with E-state index in [-0.39, 0.29) is 5.91 Å². The van der Waals surface area contributed by atoms with Gasteiger partial charge < -0.3 is 19.8 Å². The summed E-state index contributed by atoms with van der Waals surface area (Å²) < 4.78 is 10.6. The summed E-state index contributed by atoms with van der Waals surface area (Å²) in [5.41, 5.74) is 4.94. The van der Waals surface area contributed by atoms with E-state index in [2.05, 4.69) is 36.3 Å². The summed E-state index contributed by atoms with van der Waals surface area (Å²) >= 11 is 0. The first-order valence-corrected chi connectivity index (χ1v) is 8.61. The Morgan fingerprint density at radius 3 is 2.62 bits per heavy atom. The molecule has 0 bridgehead atoms. The van der Waals surface area contributed by atoms with E-state index in [0.717, 1.165) is 28.0 Å². The number of rotatable bonds is 6. The van der Waals surface area contributed by atoms with Gasteiger partial charge in [-0.15, -0.1) is 0 Å². The molecule has 3 rings (SSSR count). The number of aromatic nitrogens is 1. The molecule has 0 saturated heterocycles. The van der Waals surface area contributed by atoms with E-state index in [4.69, 9.17) is 9.47 Å². The Balaban J connectivity index is 1.67. The highest BCUT2D eigenvalue weighted by molar-refractivity contribution is 5.99. The van der Waals surface area contributed by atoms with Crippen molar-refractivity contribution in [2.24, 2.45) is 0 Å². The Kier molecular flexibility index (Phi) is 5.16. The molecule has 0 fully saturated rings. The van der Waals surface area contributed by atoms with Gasteiger partial charge in [0.25, 0.3) is 5.91 Å². The lowest BCUT2D eigenvalue weighted by Gasteiger charge is -2.10. The topological polar surface area (TPSA) is 63.3 Å². The molecule has 1 heterocycles. The first kappa shape index (κ1) is 17.9. The Labute approximate surface area is 153 Å². The quantitative estimate of drug-likeness (QED) is 0.710. The number of methoxy groups -OCH3 is 2. The number of nitrogens with one attached hydrogen (secondary N) is 2. The summed E-state index contributed by atoms with van der Waals surface area (Å²) in [5.74, 6) is 1.40. The van der Waals surface area contributed by atoms with Gasteiger partial charge in [-0.25, -0.2) is 0 Å². The van der Waals surface area contributed by atoms with Crippen molar-refractivity contribution < 1.29 is 14.3 Å². The predicted octanol–water partition coefficient (Wildman–Crippen LogP) is 3.77. The van der Waals surface area contributed by atoms with Crippen LogP contribution in [-0.4, -0.2) is 31.7 Å². The van der Waals surface area contributed by atoms with Crippen molar-refractivity contribution >= 4 is 16.8 Å². The number of aromatic amines is 1. The van der Waals surface area contributed by atoms with Crippen LogP contribution in [0.1, 0.15) is 27.2 Å². The van der Waals surface area contributed by atoms with E-state index in [1.165, 1.54) is 11.1 Å². The van der Waals surface area contributed by atoms with E-state index in [1.54, 1.807) is 14.2 Å². The molecule has 26 heavy (non-hydrogen) atoms. The molecule has 1 aromatic heterocycles. The first-order valence-electron chi connectivity index (χ1n) is 8.61. The summed E-state index contributed by atoms with van der Waals surface area (Å²) in [5, 5.41) is 4.05. The molecule has 0 radical (unpaired) electrons. The van der Waals surface area contributed by atoms with Gasteiger partial charge in [0.15, 0.2) is 0 Å². The van der Waals surface area contributed by atoms with Gasteiger partial charge in [0, 0.05) is 23.5 Å². The Morgan fingerprint density at radius 2 is 1.88 bits per heavy atom. The third-order valence-corrected chi connectivity index (χ3v) is 4.51. The fourth-order valence-corrected chi connectivity index (χ4v) is 3.19. The zero-order valence-corrected chi connectivity index (χ0v) is 15.6. The molecule has 2 aromatic carbocycles. The molecule has 5 heteroatoms. The number of benzene rings is 2. The fraction of sp³-hybridized carbons (Fsp3) is 0.286. The molecule has 5 nitrogen and oxygen atoms in total. The number of aryl methyl sites for hydroxylation is 2. The van der Waals surface area contributed by atoms with Crippen LogP contribution in [0.4, 0.5) is 0 Å². The maximum absolute atomic E-state index is 12.5. The third kappa shape index (κ3) is 3.67. The maximum Gasteiger partial charge on any atom is 0.267 e. The normalized spacial score (nSPS) is 10.8. The molecular formula is C21H24N2O3. The lowest BCUT2D eigenvalue weighted by atomic mass is 10.1. The summed E-state index contributed by atoms with van der Waals surface area (Å²) in [6.07, 6.45) is 0.678. The standard InChI is InChI=1S/C21H24N2O3/c1-13-9-14(2)17-12-19(23-18(17)10-13)21(24)22-8-7-15-5-6-16(25-3)11-20(15)26-4/h5-6,9-12,23H,7-8H2,1-4H3,(H,22,24). The number of ether oxygens (including phenoxy) is 2. The molecule has 1 amide bonds. The maximum atomic E-state index is 12.5. The van der Waals surface area contributed by atoms with Crippen LogP contribution in [0.3, 0.4) is 0 Å². The van der Waals surface area contributed by atoms with Crippen molar-refractivity contribution in [1.82, 2.24) is 10.3 Å². The van der Waals surface area contributed by atoms with Crippen molar-refractivity contribution in [3.63, 3.8) is 0 Å². The molecule has 136 valence electrons. The molecular weight excluding hydrogens is 328 g/mol. The van der Waals surface area contributed by atoms with Crippen molar-refractivity contribution in [3.05, 3.63) is 58.8 Å². The fourth-order valence-electron chi connectivity index (χ4n) is 3.19. The van der Waals surface area contributed by atoms with Gasteiger partial charge in [0.1, 0.15) is 17.2 Å². The minimum atomic E-state index is -0.106. The minimum Gasteiger partial charge on any atom is -0.497 e. The van der Waals surface area contributed by atoms with Gasteiger partial charge in [-0.05, 0) is 55.2 Å². The number of H-pyrrole nitrogens is 1. The number of fused-ring (bicyclic) bond motifs is 1. The van der Waals surface area contributed by atoms with Crippen molar-refractivity contribution in [3.8, 4) is 11.5 Å². The second kappa shape index (κ2) is 7.52. The first-order chi connectivity index (χ1) is 12.5. The highest BCUT2D eigenvalue weighted by Gasteiger charge is 2.11. The van der Waals surface area contributed by atoms with Crippen molar-refractivity contribution in [2.45, 2.75) is 20.3 Å². The summed E-state index contributed by atoms with van der Waals surface area (Å²) in [6, 6.07) is 11.8. The average molecular weight is 352 g/mol. The highest BCUT2D eigenvalue weighted by Crippen LogP contribution is 2.25. The number of amides is 1. The summed E-state index contributed by atoms with van der Waals surface area (Å²) in [7, 11) is 3.25. The Morgan fingerprint density at radius 1 is 1.08 bits per heavy atom. The van der Waals surface area contributed by atoms with Crippen LogP contribution in [0.2, 0.25) is 0 Å². The minimum absolute atomic E-state index is 0.106. The van der Waals surface area contributed by atoms with E-state index in [9.17, 15) is 4.79 Å². The van der Waals surface area contributed by atoms with Gasteiger partial charge in [-0.2, -0.15) is 0 Å². The molecule has 0 aliphatic heterocycles. The summed E-state index contributed by atoms with van der Waals surface area (Å²) in [4.78, 5) is 15.7. The highest BCUT2D eigenvalue weighted by atomic mass is 16.5. The van der Waals surface area contributed by atoms with E-state index in [0.29, 0.717) is 18.7 Å². The molecule has 0 aliphatic rings. The van der Waals surface area contributed by atoms with E-state index >= 15 is 0 Å². The van der Waals surface area contributed by atoms with Gasteiger partial charge >= 0.3 is 0 Å². The second-order valence-corrected chi connectivity index (χ2v) is 6.41. The predicted molar refractivity (Wildman–Crippen MR) is 103 cm³/mol. The number of hydrogen-bond donors (Lipinski definition) is 2. The van der Waals surface area contributed by atoms with Crippen molar-refractivity contribution in [2.75, 3.05) is 20.8 Å². The van der Waals surface area contributed by atoms with Crippen LogP contribution < -0.4 is 14.8 Å². The zero-order valence-electron chi connectivity index (χ0n) is 15.6. The molecule has 0 aliphatic carbocycles. The van der Waals surface area contributed by atoms with Gasteiger partial charge in [-0.3, -0.25) is 4.79 Å². The van der Waals surface area contributed by atoms with Crippen LogP contribution in [0, 0.1) is 13.8 Å². The molecule has 0 atom stereocenters. The molecule has 2 N–H and O–H groups in total.